The van der Waals surface area contributed by atoms with Crippen LogP contribution in [0.3, 0.4) is 0 Å². The summed E-state index contributed by atoms with van der Waals surface area (Å²) in [5.41, 5.74) is 2.84. The van der Waals surface area contributed by atoms with Crippen molar-refractivity contribution in [2.45, 2.75) is 57.2 Å². The second-order valence-electron chi connectivity index (χ2n) is 11.9. The summed E-state index contributed by atoms with van der Waals surface area (Å²) in [6, 6.07) is 12.3. The Hall–Kier alpha value is -4.94. The number of benzene rings is 2. The molecule has 1 N–H and O–H groups in total. The van der Waals surface area contributed by atoms with E-state index in [0.717, 1.165) is 55.3 Å². The van der Waals surface area contributed by atoms with Crippen molar-refractivity contribution in [3.05, 3.63) is 88.6 Å². The Balaban J connectivity index is 1.04. The van der Waals surface area contributed by atoms with Gasteiger partial charge in [0.1, 0.15) is 23.9 Å². The van der Waals surface area contributed by atoms with Crippen LogP contribution in [-0.4, -0.2) is 60.4 Å². The highest BCUT2D eigenvalue weighted by Crippen LogP contribution is 2.33. The second-order valence-corrected chi connectivity index (χ2v) is 11.9. The van der Waals surface area contributed by atoms with Crippen LogP contribution in [0.1, 0.15) is 53.5 Å². The van der Waals surface area contributed by atoms with Crippen LogP contribution < -0.4 is 4.74 Å². The van der Waals surface area contributed by atoms with Gasteiger partial charge in [-0.3, -0.25) is 15.0 Å². The third-order valence-corrected chi connectivity index (χ3v) is 8.82. The predicted octanol–water partition coefficient (Wildman–Crippen LogP) is 6.13. The molecule has 0 saturated carbocycles. The number of aromatic amines is 1. The number of H-pyrrole nitrogens is 1. The first-order valence-electron chi connectivity index (χ1n) is 15.4. The average molecular weight is 665 g/mol. The lowest BCUT2D eigenvalue weighted by Gasteiger charge is -2.33. The van der Waals surface area contributed by atoms with Crippen LogP contribution in [0.2, 0.25) is 0 Å². The SMILES string of the molecule is N#Cc1ccc(COc2cc(C3CCN(Cc4nc5cc(-c6n[nH]c(C(F)(F)F)n6)ncc5n4CC4CCO4)CC3)ccc2F)c(F)c1. The molecule has 248 valence electrons. The van der Waals surface area contributed by atoms with Crippen LogP contribution in [0.4, 0.5) is 22.0 Å². The molecule has 2 aliphatic rings. The highest BCUT2D eigenvalue weighted by Gasteiger charge is 2.35. The first-order valence-corrected chi connectivity index (χ1v) is 15.4. The van der Waals surface area contributed by atoms with Crippen molar-refractivity contribution in [2.75, 3.05) is 19.7 Å². The molecule has 7 rings (SSSR count). The minimum atomic E-state index is -4.65. The summed E-state index contributed by atoms with van der Waals surface area (Å²) in [6.07, 6.45) is -0.504. The molecular weight excluding hydrogens is 635 g/mol. The summed E-state index contributed by atoms with van der Waals surface area (Å²) >= 11 is 0. The van der Waals surface area contributed by atoms with Crippen molar-refractivity contribution >= 4 is 11.0 Å². The van der Waals surface area contributed by atoms with Gasteiger partial charge in [-0.1, -0.05) is 12.1 Å². The quantitative estimate of drug-likeness (QED) is 0.187. The van der Waals surface area contributed by atoms with Gasteiger partial charge in [0, 0.05) is 12.2 Å². The summed E-state index contributed by atoms with van der Waals surface area (Å²) in [7, 11) is 0. The number of piperidine rings is 1. The monoisotopic (exact) mass is 664 g/mol. The molecule has 1 atom stereocenters. The number of fused-ring (bicyclic) bond motifs is 1. The smallest absolute Gasteiger partial charge is 0.451 e. The zero-order valence-electron chi connectivity index (χ0n) is 25.5. The van der Waals surface area contributed by atoms with E-state index >= 15 is 0 Å². The Kier molecular flexibility index (Phi) is 8.52. The number of aromatic nitrogens is 6. The lowest BCUT2D eigenvalue weighted by molar-refractivity contribution is -0.144. The molecular formula is C33H29F5N8O2. The molecule has 0 aliphatic carbocycles. The van der Waals surface area contributed by atoms with Crippen LogP contribution in [0, 0.1) is 23.0 Å². The van der Waals surface area contributed by atoms with E-state index in [1.807, 2.05) is 11.2 Å². The van der Waals surface area contributed by atoms with E-state index < -0.39 is 23.6 Å². The Morgan fingerprint density at radius 3 is 2.52 bits per heavy atom. The van der Waals surface area contributed by atoms with E-state index in [9.17, 15) is 22.0 Å². The zero-order valence-corrected chi connectivity index (χ0v) is 25.5. The van der Waals surface area contributed by atoms with Gasteiger partial charge in [-0.25, -0.2) is 18.7 Å². The summed E-state index contributed by atoms with van der Waals surface area (Å²) in [5, 5.41) is 14.6. The van der Waals surface area contributed by atoms with Crippen LogP contribution in [-0.2, 0) is 30.6 Å². The maximum Gasteiger partial charge on any atom is 0.451 e. The lowest BCUT2D eigenvalue weighted by atomic mass is 9.89. The van der Waals surface area contributed by atoms with E-state index in [4.69, 9.17) is 19.7 Å². The molecule has 1 unspecified atom stereocenters. The number of nitriles is 1. The normalized spacial score (nSPS) is 17.4. The van der Waals surface area contributed by atoms with Gasteiger partial charge in [-0.05, 0) is 74.2 Å². The van der Waals surface area contributed by atoms with Crippen molar-refractivity contribution in [2.24, 2.45) is 0 Å². The molecule has 3 aromatic heterocycles. The van der Waals surface area contributed by atoms with E-state index in [0.29, 0.717) is 25.2 Å². The van der Waals surface area contributed by atoms with Gasteiger partial charge in [-0.2, -0.15) is 23.5 Å². The number of imidazole rings is 1. The molecule has 2 aromatic carbocycles. The molecule has 0 radical (unpaired) electrons. The minimum Gasteiger partial charge on any atom is -0.486 e. The van der Waals surface area contributed by atoms with E-state index in [1.165, 1.54) is 18.2 Å². The van der Waals surface area contributed by atoms with Gasteiger partial charge in [0.25, 0.3) is 0 Å². The fourth-order valence-electron chi connectivity index (χ4n) is 6.05. The van der Waals surface area contributed by atoms with Gasteiger partial charge >= 0.3 is 6.18 Å². The number of nitrogens with one attached hydrogen (secondary N) is 1. The zero-order chi connectivity index (χ0) is 33.4. The standard InChI is InChI=1S/C33H29F5N8O2/c34-24-4-3-21(12-29(24)48-18-22-2-1-19(14-39)11-25(22)35)20-5-8-45(9-6-20)17-30-41-26-13-27(31-42-32(44-43-31)33(36,37)38)40-15-28(26)46(30)16-23-7-10-47-23/h1-4,11-13,15,20,23H,5-10,16-18H2,(H,42,43,44). The molecule has 2 saturated heterocycles. The number of rotatable bonds is 9. The van der Waals surface area contributed by atoms with Gasteiger partial charge in [0.15, 0.2) is 17.4 Å². The van der Waals surface area contributed by atoms with Gasteiger partial charge in [0.2, 0.25) is 5.82 Å². The molecule has 0 amide bonds. The number of likely N-dealkylation sites (tertiary alicyclic amines) is 1. The predicted molar refractivity (Wildman–Crippen MR) is 161 cm³/mol. The van der Waals surface area contributed by atoms with E-state index in [2.05, 4.69) is 24.5 Å². The van der Waals surface area contributed by atoms with Crippen molar-refractivity contribution in [3.8, 4) is 23.3 Å². The number of pyridine rings is 1. The number of hydrogen-bond donors (Lipinski definition) is 1. The largest absolute Gasteiger partial charge is 0.486 e. The van der Waals surface area contributed by atoms with Gasteiger partial charge < -0.3 is 14.0 Å². The molecule has 2 fully saturated rings. The maximum absolute atomic E-state index is 14.6. The van der Waals surface area contributed by atoms with Crippen LogP contribution >= 0.6 is 0 Å². The number of nitrogens with zero attached hydrogens (tertiary/aromatic N) is 7. The van der Waals surface area contributed by atoms with E-state index in [-0.39, 0.29) is 47.0 Å². The molecule has 0 bridgehead atoms. The summed E-state index contributed by atoms with van der Waals surface area (Å²) in [5.74, 6) is -1.50. The third-order valence-electron chi connectivity index (χ3n) is 8.82. The average Bonchev–Trinajstić information content (AvgIpc) is 3.68. The number of ether oxygens (including phenoxy) is 2. The highest BCUT2D eigenvalue weighted by atomic mass is 19.4. The maximum atomic E-state index is 14.6. The Morgan fingerprint density at radius 2 is 1.83 bits per heavy atom. The molecule has 5 aromatic rings. The van der Waals surface area contributed by atoms with Crippen LogP contribution in [0.5, 0.6) is 5.75 Å². The fraction of sp³-hybridized carbons (Fsp3) is 0.364. The molecule has 15 heteroatoms. The van der Waals surface area contributed by atoms with Crippen molar-refractivity contribution in [1.29, 1.82) is 5.26 Å². The first-order chi connectivity index (χ1) is 23.1. The Labute approximate surface area is 271 Å². The number of halogens is 5. The van der Waals surface area contributed by atoms with E-state index in [1.54, 1.807) is 24.4 Å². The van der Waals surface area contributed by atoms with Gasteiger partial charge in [0.05, 0.1) is 48.1 Å². The Bertz CT molecular complexity index is 1990. The van der Waals surface area contributed by atoms with Crippen LogP contribution in [0.15, 0.2) is 48.7 Å². The lowest BCUT2D eigenvalue weighted by Crippen LogP contribution is -2.35. The number of alkyl halides is 3. The van der Waals surface area contributed by atoms with Crippen molar-refractivity contribution in [3.63, 3.8) is 0 Å². The number of hydrogen-bond acceptors (Lipinski definition) is 8. The molecule has 2 aliphatic heterocycles. The Morgan fingerprint density at radius 1 is 1.02 bits per heavy atom. The molecule has 5 heterocycles. The summed E-state index contributed by atoms with van der Waals surface area (Å²) in [6.45, 7) is 3.13. The second kappa shape index (κ2) is 12.9. The molecule has 48 heavy (non-hydrogen) atoms. The summed E-state index contributed by atoms with van der Waals surface area (Å²) in [4.78, 5) is 15.0. The van der Waals surface area contributed by atoms with Crippen molar-refractivity contribution in [1.82, 2.24) is 34.6 Å². The first kappa shape index (κ1) is 31.6. The minimum absolute atomic E-state index is 0.0391. The molecule has 0 spiro atoms. The third kappa shape index (κ3) is 6.58. The fourth-order valence-corrected chi connectivity index (χ4v) is 6.05. The van der Waals surface area contributed by atoms with Gasteiger partial charge in [-0.15, -0.1) is 0 Å². The van der Waals surface area contributed by atoms with Crippen molar-refractivity contribution < 1.29 is 31.4 Å². The highest BCUT2D eigenvalue weighted by molar-refractivity contribution is 5.78. The van der Waals surface area contributed by atoms with Crippen LogP contribution in [0.25, 0.3) is 22.6 Å². The topological polar surface area (TPSA) is 118 Å². The molecule has 10 nitrogen and oxygen atoms in total. The summed E-state index contributed by atoms with van der Waals surface area (Å²) < 4.78 is 81.5.